The molecule has 2 nitrogen and oxygen atoms in total. The highest BCUT2D eigenvalue weighted by molar-refractivity contribution is 5.84. The zero-order valence-corrected chi connectivity index (χ0v) is 9.30. The summed E-state index contributed by atoms with van der Waals surface area (Å²) >= 11 is 0. The van der Waals surface area contributed by atoms with Crippen LogP contribution in [0.1, 0.15) is 11.1 Å². The zero-order chi connectivity index (χ0) is 14.0. The van der Waals surface area contributed by atoms with Crippen LogP contribution in [0.5, 0.6) is 5.75 Å². The van der Waals surface area contributed by atoms with Crippen molar-refractivity contribution in [3.8, 4) is 5.75 Å². The number of rotatable bonds is 3. The molecule has 0 radical (unpaired) electrons. The van der Waals surface area contributed by atoms with Crippen LogP contribution in [0, 0.1) is 6.92 Å². The van der Waals surface area contributed by atoms with E-state index in [9.17, 15) is 27.1 Å². The Morgan fingerprint density at radius 2 is 1.83 bits per heavy atom. The van der Waals surface area contributed by atoms with Gasteiger partial charge in [0.2, 0.25) is 0 Å². The van der Waals surface area contributed by atoms with Crippen molar-refractivity contribution in [2.24, 2.45) is 4.99 Å². The Labute approximate surface area is 99.8 Å². The minimum atomic E-state index is -5.63. The summed E-state index contributed by atoms with van der Waals surface area (Å²) in [5, 5.41) is 9.49. The first kappa shape index (κ1) is 14.4. The van der Waals surface area contributed by atoms with Crippen molar-refractivity contribution in [1.82, 2.24) is 0 Å². The van der Waals surface area contributed by atoms with Crippen LogP contribution >= 0.6 is 0 Å². The molecule has 0 saturated heterocycles. The minimum Gasteiger partial charge on any atom is -0.507 e. The molecule has 100 valence electrons. The second-order valence-electron chi connectivity index (χ2n) is 3.68. The van der Waals surface area contributed by atoms with Gasteiger partial charge in [0, 0.05) is 11.8 Å². The topological polar surface area (TPSA) is 32.6 Å². The van der Waals surface area contributed by atoms with Crippen molar-refractivity contribution in [3.63, 3.8) is 0 Å². The first-order valence-electron chi connectivity index (χ1n) is 4.88. The second-order valence-corrected chi connectivity index (χ2v) is 3.68. The van der Waals surface area contributed by atoms with E-state index in [-0.39, 0.29) is 11.3 Å². The van der Waals surface area contributed by atoms with E-state index in [1.54, 1.807) is 13.0 Å². The number of para-hydroxylation sites is 1. The quantitative estimate of drug-likeness (QED) is 0.661. The molecule has 0 atom stereocenters. The Morgan fingerprint density at radius 1 is 1.22 bits per heavy atom. The van der Waals surface area contributed by atoms with Gasteiger partial charge in [-0.05, 0) is 18.6 Å². The summed E-state index contributed by atoms with van der Waals surface area (Å²) in [6.07, 6.45) is -4.83. The molecule has 1 N–H and O–H groups in total. The highest BCUT2D eigenvalue weighted by Gasteiger charge is 2.57. The van der Waals surface area contributed by atoms with E-state index in [0.29, 0.717) is 5.56 Å². The first-order valence-corrected chi connectivity index (χ1v) is 4.88. The lowest BCUT2D eigenvalue weighted by atomic mass is 10.1. The molecule has 0 heterocycles. The molecule has 0 saturated carbocycles. The Bertz CT molecular complexity index is 453. The summed E-state index contributed by atoms with van der Waals surface area (Å²) in [4.78, 5) is 3.03. The van der Waals surface area contributed by atoms with Gasteiger partial charge in [0.1, 0.15) is 12.3 Å². The number of alkyl halides is 5. The predicted molar refractivity (Wildman–Crippen MR) is 56.3 cm³/mol. The van der Waals surface area contributed by atoms with Gasteiger partial charge in [-0.25, -0.2) is 0 Å². The van der Waals surface area contributed by atoms with Gasteiger partial charge in [0.25, 0.3) is 0 Å². The third kappa shape index (κ3) is 3.18. The minimum absolute atomic E-state index is 0.0907. The smallest absolute Gasteiger partial charge is 0.455 e. The largest absolute Gasteiger partial charge is 0.507 e. The van der Waals surface area contributed by atoms with Gasteiger partial charge >= 0.3 is 12.1 Å². The van der Waals surface area contributed by atoms with Gasteiger partial charge in [-0.3, -0.25) is 4.99 Å². The number of hydrogen-bond donors (Lipinski definition) is 1. The number of aromatic hydroxyl groups is 1. The molecule has 0 aromatic heterocycles. The molecule has 0 fully saturated rings. The summed E-state index contributed by atoms with van der Waals surface area (Å²) in [5.74, 6) is -5.07. The van der Waals surface area contributed by atoms with E-state index in [4.69, 9.17) is 0 Å². The van der Waals surface area contributed by atoms with Crippen molar-refractivity contribution in [2.75, 3.05) is 6.54 Å². The van der Waals surface area contributed by atoms with Crippen molar-refractivity contribution < 1.29 is 27.1 Å². The maximum Gasteiger partial charge on any atom is 0.455 e. The van der Waals surface area contributed by atoms with Crippen LogP contribution in [0.3, 0.4) is 0 Å². The predicted octanol–water partition coefficient (Wildman–Crippen LogP) is 3.32. The zero-order valence-electron chi connectivity index (χ0n) is 9.30. The van der Waals surface area contributed by atoms with Gasteiger partial charge in [0.05, 0.1) is 0 Å². The first-order chi connectivity index (χ1) is 8.15. The monoisotopic (exact) mass is 267 g/mol. The molecule has 0 spiro atoms. The van der Waals surface area contributed by atoms with Crippen molar-refractivity contribution in [1.29, 1.82) is 0 Å². The van der Waals surface area contributed by atoms with Gasteiger partial charge < -0.3 is 5.11 Å². The van der Waals surface area contributed by atoms with Crippen LogP contribution in [0.25, 0.3) is 0 Å². The summed E-state index contributed by atoms with van der Waals surface area (Å²) in [6, 6.07) is 4.45. The number of halogens is 5. The van der Waals surface area contributed by atoms with Gasteiger partial charge in [-0.1, -0.05) is 12.1 Å². The molecule has 0 amide bonds. The van der Waals surface area contributed by atoms with Crippen LogP contribution in [0.15, 0.2) is 23.2 Å². The fourth-order valence-corrected chi connectivity index (χ4v) is 1.13. The maximum atomic E-state index is 12.5. The molecule has 0 bridgehead atoms. The van der Waals surface area contributed by atoms with Crippen molar-refractivity contribution in [3.05, 3.63) is 29.3 Å². The average molecular weight is 267 g/mol. The maximum absolute atomic E-state index is 12.5. The lowest BCUT2D eigenvalue weighted by Crippen LogP contribution is -2.39. The number of nitrogens with zero attached hydrogens (tertiary/aromatic N) is 1. The molecule has 0 aliphatic rings. The fourth-order valence-electron chi connectivity index (χ4n) is 1.13. The van der Waals surface area contributed by atoms with Crippen LogP contribution in [-0.2, 0) is 0 Å². The number of aliphatic imine (C=N–C) groups is 1. The van der Waals surface area contributed by atoms with E-state index in [0.717, 1.165) is 6.21 Å². The highest BCUT2D eigenvalue weighted by Crippen LogP contribution is 2.35. The number of benzene rings is 1. The average Bonchev–Trinajstić information content (AvgIpc) is 2.22. The SMILES string of the molecule is Cc1cccc(C=NCC(F)(F)C(F)(F)F)c1O. The molecule has 0 aliphatic heterocycles. The summed E-state index contributed by atoms with van der Waals surface area (Å²) < 4.78 is 60.5. The lowest BCUT2D eigenvalue weighted by molar-refractivity contribution is -0.276. The number of hydrogen-bond acceptors (Lipinski definition) is 2. The molecule has 1 aromatic carbocycles. The van der Waals surface area contributed by atoms with Crippen molar-refractivity contribution in [2.45, 2.75) is 19.0 Å². The van der Waals surface area contributed by atoms with E-state index in [1.165, 1.54) is 12.1 Å². The van der Waals surface area contributed by atoms with Gasteiger partial charge in [-0.2, -0.15) is 22.0 Å². The molecular weight excluding hydrogens is 257 g/mol. The number of phenols is 1. The molecule has 0 aliphatic carbocycles. The summed E-state index contributed by atoms with van der Waals surface area (Å²) in [6.45, 7) is -0.138. The standard InChI is InChI=1S/C11H10F5NO/c1-7-3-2-4-8(9(7)18)5-17-6-10(12,13)11(14,15)16/h2-5,18H,6H2,1H3. The summed E-state index contributed by atoms with van der Waals surface area (Å²) in [5.41, 5.74) is 0.564. The molecule has 1 rings (SSSR count). The number of phenolic OH excluding ortho intramolecular Hbond substituents is 1. The lowest BCUT2D eigenvalue weighted by Gasteiger charge is -2.16. The number of aryl methyl sites for hydroxylation is 1. The Hall–Kier alpha value is -1.66. The van der Waals surface area contributed by atoms with Gasteiger partial charge in [-0.15, -0.1) is 0 Å². The molecule has 18 heavy (non-hydrogen) atoms. The van der Waals surface area contributed by atoms with Crippen LogP contribution in [0.4, 0.5) is 22.0 Å². The van der Waals surface area contributed by atoms with Crippen LogP contribution < -0.4 is 0 Å². The van der Waals surface area contributed by atoms with Crippen molar-refractivity contribution >= 4 is 6.21 Å². The van der Waals surface area contributed by atoms with E-state index in [1.807, 2.05) is 0 Å². The fraction of sp³-hybridized carbons (Fsp3) is 0.364. The Kier molecular flexibility index (Phi) is 3.93. The molecule has 1 aromatic rings. The van der Waals surface area contributed by atoms with Crippen LogP contribution in [-0.4, -0.2) is 30.0 Å². The third-order valence-electron chi connectivity index (χ3n) is 2.20. The second kappa shape index (κ2) is 4.91. The Balaban J connectivity index is 2.81. The van der Waals surface area contributed by atoms with E-state index in [2.05, 4.69) is 4.99 Å². The van der Waals surface area contributed by atoms with Gasteiger partial charge in [0.15, 0.2) is 0 Å². The van der Waals surface area contributed by atoms with E-state index >= 15 is 0 Å². The summed E-state index contributed by atoms with van der Waals surface area (Å²) in [7, 11) is 0. The Morgan fingerprint density at radius 3 is 2.39 bits per heavy atom. The third-order valence-corrected chi connectivity index (χ3v) is 2.20. The molecule has 7 heteroatoms. The molecular formula is C11H10F5NO. The van der Waals surface area contributed by atoms with E-state index < -0.39 is 18.6 Å². The normalized spacial score (nSPS) is 13.2. The molecule has 0 unspecified atom stereocenters. The van der Waals surface area contributed by atoms with Crippen LogP contribution in [0.2, 0.25) is 0 Å². The highest BCUT2D eigenvalue weighted by atomic mass is 19.4.